The van der Waals surface area contributed by atoms with Crippen LogP contribution in [0.25, 0.3) is 0 Å². The molecule has 1 N–H and O–H groups in total. The van der Waals surface area contributed by atoms with Gasteiger partial charge in [-0.05, 0) is 25.3 Å². The Morgan fingerprint density at radius 2 is 2.40 bits per heavy atom. The lowest BCUT2D eigenvalue weighted by Gasteiger charge is -2.14. The Morgan fingerprint density at radius 1 is 1.60 bits per heavy atom. The zero-order valence-corrected chi connectivity index (χ0v) is 9.36. The molecule has 0 aliphatic heterocycles. The van der Waals surface area contributed by atoms with Crippen molar-refractivity contribution in [1.82, 2.24) is 4.98 Å². The van der Waals surface area contributed by atoms with Crippen molar-refractivity contribution in [1.29, 1.82) is 0 Å². The summed E-state index contributed by atoms with van der Waals surface area (Å²) in [6.45, 7) is 2.21. The number of pyridine rings is 1. The van der Waals surface area contributed by atoms with Crippen molar-refractivity contribution in [2.24, 2.45) is 5.92 Å². The molecule has 1 unspecified atom stereocenters. The topological polar surface area (TPSA) is 34.1 Å². The summed E-state index contributed by atoms with van der Waals surface area (Å²) in [6.07, 6.45) is 5.82. The highest BCUT2D eigenvalue weighted by molar-refractivity contribution is 5.41. The van der Waals surface area contributed by atoms with Crippen molar-refractivity contribution in [2.45, 2.75) is 32.2 Å². The highest BCUT2D eigenvalue weighted by Gasteiger charge is 2.23. The third kappa shape index (κ3) is 3.11. The number of hydrogen-bond donors (Lipinski definition) is 1. The van der Waals surface area contributed by atoms with Gasteiger partial charge in [0.25, 0.3) is 0 Å². The van der Waals surface area contributed by atoms with Crippen molar-refractivity contribution in [3.63, 3.8) is 0 Å². The van der Waals surface area contributed by atoms with Gasteiger partial charge in [-0.25, -0.2) is 4.98 Å². The number of anilines is 1. The predicted octanol–water partition coefficient (Wildman–Crippen LogP) is 2.69. The fourth-order valence-corrected chi connectivity index (χ4v) is 1.78. The smallest absolute Gasteiger partial charge is 0.129 e. The van der Waals surface area contributed by atoms with Crippen LogP contribution >= 0.6 is 0 Å². The molecular weight excluding hydrogens is 188 g/mol. The fourth-order valence-electron chi connectivity index (χ4n) is 1.78. The Morgan fingerprint density at radius 3 is 3.07 bits per heavy atom. The molecule has 0 spiro atoms. The lowest BCUT2D eigenvalue weighted by Crippen LogP contribution is -2.16. The molecule has 2 rings (SSSR count). The predicted molar refractivity (Wildman–Crippen MR) is 61.2 cm³/mol. The Bertz CT molecular complexity index is 323. The largest absolute Gasteiger partial charge is 0.497 e. The molecule has 0 bridgehead atoms. The van der Waals surface area contributed by atoms with E-state index in [2.05, 4.69) is 17.2 Å². The van der Waals surface area contributed by atoms with Crippen LogP contribution in [0.3, 0.4) is 0 Å². The Labute approximate surface area is 90.9 Å². The van der Waals surface area contributed by atoms with Crippen LogP contribution in [0.1, 0.15) is 26.2 Å². The van der Waals surface area contributed by atoms with Gasteiger partial charge in [0, 0.05) is 18.3 Å². The van der Waals surface area contributed by atoms with E-state index in [-0.39, 0.29) is 0 Å². The summed E-state index contributed by atoms with van der Waals surface area (Å²) >= 11 is 0. The van der Waals surface area contributed by atoms with Gasteiger partial charge in [0.15, 0.2) is 0 Å². The molecule has 3 heteroatoms. The number of nitrogens with zero attached hydrogens (tertiary/aromatic N) is 1. The van der Waals surface area contributed by atoms with E-state index in [1.807, 2.05) is 12.1 Å². The van der Waals surface area contributed by atoms with E-state index >= 15 is 0 Å². The lowest BCUT2D eigenvalue weighted by atomic mass is 10.1. The van der Waals surface area contributed by atoms with Gasteiger partial charge in [-0.15, -0.1) is 0 Å². The fraction of sp³-hybridized carbons (Fsp3) is 0.583. The van der Waals surface area contributed by atoms with E-state index in [1.165, 1.54) is 19.3 Å². The van der Waals surface area contributed by atoms with Gasteiger partial charge in [-0.3, -0.25) is 0 Å². The zero-order valence-electron chi connectivity index (χ0n) is 9.36. The summed E-state index contributed by atoms with van der Waals surface area (Å²) < 4.78 is 5.15. The maximum Gasteiger partial charge on any atom is 0.129 e. The minimum atomic E-state index is 0.497. The van der Waals surface area contributed by atoms with Gasteiger partial charge in [-0.1, -0.05) is 12.8 Å². The van der Waals surface area contributed by atoms with Crippen LogP contribution in [0.15, 0.2) is 18.3 Å². The molecule has 1 atom stereocenters. The Hall–Kier alpha value is -1.25. The van der Waals surface area contributed by atoms with Crippen molar-refractivity contribution in [2.75, 3.05) is 12.4 Å². The molecule has 0 aromatic carbocycles. The number of hydrogen-bond acceptors (Lipinski definition) is 3. The molecule has 0 amide bonds. The highest BCUT2D eigenvalue weighted by atomic mass is 16.5. The molecule has 0 radical (unpaired) electrons. The molecule has 1 aliphatic carbocycles. The quantitative estimate of drug-likeness (QED) is 0.804. The third-order valence-corrected chi connectivity index (χ3v) is 2.75. The first-order chi connectivity index (χ1) is 7.28. The van der Waals surface area contributed by atoms with Gasteiger partial charge >= 0.3 is 0 Å². The van der Waals surface area contributed by atoms with Gasteiger partial charge in [0.1, 0.15) is 11.6 Å². The maximum absolute atomic E-state index is 5.15. The second kappa shape index (κ2) is 4.51. The van der Waals surface area contributed by atoms with Crippen LogP contribution in [-0.2, 0) is 0 Å². The summed E-state index contributed by atoms with van der Waals surface area (Å²) in [5.41, 5.74) is 0. The summed E-state index contributed by atoms with van der Waals surface area (Å²) in [5, 5.41) is 3.40. The van der Waals surface area contributed by atoms with Gasteiger partial charge in [0.05, 0.1) is 7.11 Å². The first kappa shape index (κ1) is 10.3. The molecular formula is C12H18N2O. The molecule has 1 aromatic rings. The van der Waals surface area contributed by atoms with Crippen LogP contribution in [0.5, 0.6) is 5.75 Å². The summed E-state index contributed by atoms with van der Waals surface area (Å²) in [4.78, 5) is 4.26. The summed E-state index contributed by atoms with van der Waals surface area (Å²) in [5.74, 6) is 2.70. The SMILES string of the molecule is COc1ccnc(NC(C)CC2CC2)c1. The van der Waals surface area contributed by atoms with E-state index in [9.17, 15) is 0 Å². The van der Waals surface area contributed by atoms with E-state index < -0.39 is 0 Å². The molecule has 15 heavy (non-hydrogen) atoms. The number of methoxy groups -OCH3 is 1. The van der Waals surface area contributed by atoms with Gasteiger partial charge in [-0.2, -0.15) is 0 Å². The molecule has 1 fully saturated rings. The maximum atomic E-state index is 5.15. The van der Waals surface area contributed by atoms with Crippen LogP contribution < -0.4 is 10.1 Å². The first-order valence-electron chi connectivity index (χ1n) is 5.54. The molecule has 3 nitrogen and oxygen atoms in total. The van der Waals surface area contributed by atoms with Crippen molar-refractivity contribution in [3.8, 4) is 5.75 Å². The minimum absolute atomic E-state index is 0.497. The van der Waals surface area contributed by atoms with Crippen LogP contribution in [0.2, 0.25) is 0 Å². The molecule has 1 aromatic heterocycles. The molecule has 1 saturated carbocycles. The number of nitrogens with one attached hydrogen (secondary N) is 1. The average molecular weight is 206 g/mol. The normalized spacial score (nSPS) is 17.2. The van der Waals surface area contributed by atoms with Crippen molar-refractivity contribution < 1.29 is 4.74 Å². The number of ether oxygens (including phenoxy) is 1. The monoisotopic (exact) mass is 206 g/mol. The van der Waals surface area contributed by atoms with Crippen LogP contribution in [-0.4, -0.2) is 18.1 Å². The standard InChI is InChI=1S/C12H18N2O/c1-9(7-10-3-4-10)14-12-8-11(15-2)5-6-13-12/h5-6,8-10H,3-4,7H2,1-2H3,(H,13,14). The molecule has 1 heterocycles. The molecule has 0 saturated heterocycles. The molecule has 82 valence electrons. The zero-order chi connectivity index (χ0) is 10.7. The summed E-state index contributed by atoms with van der Waals surface area (Å²) in [7, 11) is 1.67. The second-order valence-corrected chi connectivity index (χ2v) is 4.31. The van der Waals surface area contributed by atoms with Gasteiger partial charge in [0.2, 0.25) is 0 Å². The van der Waals surface area contributed by atoms with E-state index in [0.29, 0.717) is 6.04 Å². The Balaban J connectivity index is 1.90. The van der Waals surface area contributed by atoms with E-state index in [1.54, 1.807) is 13.3 Å². The first-order valence-corrected chi connectivity index (χ1v) is 5.54. The third-order valence-electron chi connectivity index (χ3n) is 2.75. The van der Waals surface area contributed by atoms with Crippen molar-refractivity contribution in [3.05, 3.63) is 18.3 Å². The average Bonchev–Trinajstić information content (AvgIpc) is 3.02. The van der Waals surface area contributed by atoms with Crippen LogP contribution in [0, 0.1) is 5.92 Å². The number of rotatable bonds is 5. The van der Waals surface area contributed by atoms with E-state index in [4.69, 9.17) is 4.74 Å². The van der Waals surface area contributed by atoms with Crippen molar-refractivity contribution >= 4 is 5.82 Å². The molecule has 1 aliphatic rings. The highest BCUT2D eigenvalue weighted by Crippen LogP contribution is 2.34. The minimum Gasteiger partial charge on any atom is -0.497 e. The van der Waals surface area contributed by atoms with E-state index in [0.717, 1.165) is 17.5 Å². The van der Waals surface area contributed by atoms with Crippen LogP contribution in [0.4, 0.5) is 5.82 Å². The second-order valence-electron chi connectivity index (χ2n) is 4.31. The summed E-state index contributed by atoms with van der Waals surface area (Å²) in [6, 6.07) is 4.29. The lowest BCUT2D eigenvalue weighted by molar-refractivity contribution is 0.414. The number of aromatic nitrogens is 1. The van der Waals surface area contributed by atoms with Gasteiger partial charge < -0.3 is 10.1 Å². The Kier molecular flexibility index (Phi) is 3.09.